The molecule has 0 saturated heterocycles. The fourth-order valence-corrected chi connectivity index (χ4v) is 4.93. The SMILES string of the molecule is Cn1ncc(I)c1C(=O)Nc1sc2c(c1C(N)=O)CCCCC2. The van der Waals surface area contributed by atoms with Crippen LogP contribution in [0.2, 0.25) is 0 Å². The molecule has 1 aliphatic rings. The fraction of sp³-hybridized carbons (Fsp3) is 0.400. The van der Waals surface area contributed by atoms with Gasteiger partial charge in [-0.25, -0.2) is 0 Å². The van der Waals surface area contributed by atoms with Crippen molar-refractivity contribution in [2.24, 2.45) is 12.8 Å². The van der Waals surface area contributed by atoms with Gasteiger partial charge in [0.15, 0.2) is 0 Å². The summed E-state index contributed by atoms with van der Waals surface area (Å²) in [4.78, 5) is 25.7. The van der Waals surface area contributed by atoms with Gasteiger partial charge in [0, 0.05) is 11.9 Å². The standard InChI is InChI=1S/C15H17IN4O2S/c1-20-12(9(16)7-18-20)14(22)19-15-11(13(17)21)8-5-3-2-4-6-10(8)23-15/h7H,2-6H2,1H3,(H2,17,21)(H,19,22). The number of carbonyl (C=O) groups is 2. The Hall–Kier alpha value is -1.42. The van der Waals surface area contributed by atoms with E-state index in [9.17, 15) is 9.59 Å². The maximum atomic E-state index is 12.6. The molecular weight excluding hydrogens is 427 g/mol. The van der Waals surface area contributed by atoms with E-state index in [-0.39, 0.29) is 5.91 Å². The van der Waals surface area contributed by atoms with Crippen molar-refractivity contribution in [2.45, 2.75) is 32.1 Å². The number of hydrogen-bond acceptors (Lipinski definition) is 4. The Balaban J connectivity index is 1.97. The summed E-state index contributed by atoms with van der Waals surface area (Å²) in [5.74, 6) is -0.743. The van der Waals surface area contributed by atoms with Crippen LogP contribution in [0.5, 0.6) is 0 Å². The number of halogens is 1. The largest absolute Gasteiger partial charge is 0.365 e. The van der Waals surface area contributed by atoms with Crippen molar-refractivity contribution in [3.8, 4) is 0 Å². The van der Waals surface area contributed by atoms with Gasteiger partial charge in [-0.2, -0.15) is 5.10 Å². The van der Waals surface area contributed by atoms with E-state index < -0.39 is 5.91 Å². The Morgan fingerprint density at radius 1 is 1.35 bits per heavy atom. The maximum Gasteiger partial charge on any atom is 0.275 e. The number of fused-ring (bicyclic) bond motifs is 1. The summed E-state index contributed by atoms with van der Waals surface area (Å²) >= 11 is 3.55. The third-order valence-electron chi connectivity index (χ3n) is 4.00. The van der Waals surface area contributed by atoms with Crippen molar-refractivity contribution in [3.63, 3.8) is 0 Å². The molecule has 0 aromatic carbocycles. The molecule has 0 aliphatic heterocycles. The van der Waals surface area contributed by atoms with Crippen molar-refractivity contribution in [2.75, 3.05) is 5.32 Å². The summed E-state index contributed by atoms with van der Waals surface area (Å²) in [6.45, 7) is 0. The summed E-state index contributed by atoms with van der Waals surface area (Å²) in [6.07, 6.45) is 6.75. The Bertz CT molecular complexity index is 761. The van der Waals surface area contributed by atoms with Gasteiger partial charge in [0.1, 0.15) is 10.7 Å². The van der Waals surface area contributed by atoms with Gasteiger partial charge >= 0.3 is 0 Å². The Morgan fingerprint density at radius 2 is 2.09 bits per heavy atom. The molecule has 3 rings (SSSR count). The number of carbonyl (C=O) groups excluding carboxylic acids is 2. The van der Waals surface area contributed by atoms with Gasteiger partial charge in [0.25, 0.3) is 11.8 Å². The molecule has 122 valence electrons. The van der Waals surface area contributed by atoms with Crippen molar-refractivity contribution < 1.29 is 9.59 Å². The highest BCUT2D eigenvalue weighted by Crippen LogP contribution is 2.37. The number of thiophene rings is 1. The number of rotatable bonds is 3. The van der Waals surface area contributed by atoms with Gasteiger partial charge < -0.3 is 11.1 Å². The first-order chi connectivity index (χ1) is 11.0. The van der Waals surface area contributed by atoms with Crippen LogP contribution in [0.25, 0.3) is 0 Å². The predicted molar refractivity (Wildman–Crippen MR) is 98.0 cm³/mol. The topological polar surface area (TPSA) is 90.0 Å². The van der Waals surface area contributed by atoms with Crippen LogP contribution in [-0.4, -0.2) is 21.6 Å². The zero-order chi connectivity index (χ0) is 16.6. The molecule has 1 aliphatic carbocycles. The average molecular weight is 444 g/mol. The number of nitrogens with one attached hydrogen (secondary N) is 1. The molecule has 8 heteroatoms. The van der Waals surface area contributed by atoms with E-state index in [1.54, 1.807) is 13.2 Å². The summed E-state index contributed by atoms with van der Waals surface area (Å²) < 4.78 is 2.29. The van der Waals surface area contributed by atoms with Crippen molar-refractivity contribution >= 4 is 50.7 Å². The monoisotopic (exact) mass is 444 g/mol. The first-order valence-electron chi connectivity index (χ1n) is 7.42. The van der Waals surface area contributed by atoms with E-state index >= 15 is 0 Å². The number of nitrogens with zero attached hydrogens (tertiary/aromatic N) is 2. The second-order valence-corrected chi connectivity index (χ2v) is 7.82. The second-order valence-electron chi connectivity index (χ2n) is 5.55. The van der Waals surface area contributed by atoms with E-state index in [4.69, 9.17) is 5.73 Å². The summed E-state index contributed by atoms with van der Waals surface area (Å²) in [5, 5.41) is 7.50. The molecule has 6 nitrogen and oxygen atoms in total. The molecule has 0 spiro atoms. The first-order valence-corrected chi connectivity index (χ1v) is 9.31. The highest BCUT2D eigenvalue weighted by Gasteiger charge is 2.25. The van der Waals surface area contributed by atoms with Crippen LogP contribution in [0.4, 0.5) is 5.00 Å². The highest BCUT2D eigenvalue weighted by molar-refractivity contribution is 14.1. The van der Waals surface area contributed by atoms with Gasteiger partial charge in [0.05, 0.1) is 15.3 Å². The minimum absolute atomic E-state index is 0.270. The van der Waals surface area contributed by atoms with E-state index in [0.717, 1.165) is 41.2 Å². The van der Waals surface area contributed by atoms with Gasteiger partial charge in [0.2, 0.25) is 0 Å². The lowest BCUT2D eigenvalue weighted by Gasteiger charge is -2.07. The van der Waals surface area contributed by atoms with Crippen LogP contribution in [0.3, 0.4) is 0 Å². The maximum absolute atomic E-state index is 12.6. The first kappa shape index (κ1) is 16.4. The van der Waals surface area contributed by atoms with Gasteiger partial charge in [-0.3, -0.25) is 14.3 Å². The Morgan fingerprint density at radius 3 is 2.74 bits per heavy atom. The Kier molecular flexibility index (Phi) is 4.72. The molecule has 2 amide bonds. The molecule has 0 bridgehead atoms. The van der Waals surface area contributed by atoms with E-state index in [2.05, 4.69) is 33.0 Å². The molecule has 3 N–H and O–H groups in total. The number of nitrogens with two attached hydrogens (primary N) is 1. The zero-order valence-corrected chi connectivity index (χ0v) is 15.7. The highest BCUT2D eigenvalue weighted by atomic mass is 127. The minimum Gasteiger partial charge on any atom is -0.365 e. The molecule has 2 aromatic rings. The molecule has 23 heavy (non-hydrogen) atoms. The van der Waals surface area contributed by atoms with Gasteiger partial charge in [-0.05, 0) is 53.8 Å². The van der Waals surface area contributed by atoms with Crippen LogP contribution < -0.4 is 11.1 Å². The van der Waals surface area contributed by atoms with Crippen LogP contribution in [0, 0.1) is 3.57 Å². The normalized spacial score (nSPS) is 14.2. The molecular formula is C15H17IN4O2S. The molecule has 0 radical (unpaired) electrons. The summed E-state index contributed by atoms with van der Waals surface area (Å²) in [6, 6.07) is 0. The minimum atomic E-state index is -0.473. The van der Waals surface area contributed by atoms with Crippen LogP contribution in [0.15, 0.2) is 6.20 Å². The van der Waals surface area contributed by atoms with E-state index in [0.29, 0.717) is 16.3 Å². The van der Waals surface area contributed by atoms with E-state index in [1.165, 1.54) is 20.9 Å². The Labute approximate surface area is 151 Å². The van der Waals surface area contributed by atoms with E-state index in [1.807, 2.05) is 0 Å². The molecule has 2 heterocycles. The molecule has 2 aromatic heterocycles. The van der Waals surface area contributed by atoms with Crippen molar-refractivity contribution in [1.82, 2.24) is 9.78 Å². The smallest absolute Gasteiger partial charge is 0.275 e. The zero-order valence-electron chi connectivity index (χ0n) is 12.7. The van der Waals surface area contributed by atoms with Crippen molar-refractivity contribution in [1.29, 1.82) is 0 Å². The van der Waals surface area contributed by atoms with Gasteiger partial charge in [-0.15, -0.1) is 11.3 Å². The number of anilines is 1. The summed E-state index contributed by atoms with van der Waals surface area (Å²) in [7, 11) is 1.72. The van der Waals surface area contributed by atoms with Gasteiger partial charge in [-0.1, -0.05) is 6.42 Å². The van der Waals surface area contributed by atoms with Crippen LogP contribution >= 0.6 is 33.9 Å². The number of hydrogen-bond donors (Lipinski definition) is 2. The van der Waals surface area contributed by atoms with Crippen LogP contribution in [-0.2, 0) is 19.9 Å². The lowest BCUT2D eigenvalue weighted by molar-refractivity contribution is 0.100. The number of aryl methyl sites for hydroxylation is 2. The third-order valence-corrected chi connectivity index (χ3v) is 6.00. The fourth-order valence-electron chi connectivity index (χ4n) is 2.92. The quantitative estimate of drug-likeness (QED) is 0.564. The lowest BCUT2D eigenvalue weighted by Crippen LogP contribution is -2.20. The molecule has 0 atom stereocenters. The number of aromatic nitrogens is 2. The lowest BCUT2D eigenvalue weighted by atomic mass is 10.1. The molecule has 0 saturated carbocycles. The average Bonchev–Trinajstić information content (AvgIpc) is 2.90. The third kappa shape index (κ3) is 3.14. The number of amides is 2. The molecule has 0 fully saturated rings. The molecule has 0 unspecified atom stereocenters. The van der Waals surface area contributed by atoms with Crippen LogP contribution in [0.1, 0.15) is 50.5 Å². The van der Waals surface area contributed by atoms with Crippen molar-refractivity contribution in [3.05, 3.63) is 31.5 Å². The predicted octanol–water partition coefficient (Wildman–Crippen LogP) is 2.71. The summed E-state index contributed by atoms with van der Waals surface area (Å²) in [5.41, 5.74) is 7.57. The number of primary amides is 1. The second kappa shape index (κ2) is 6.60.